The normalized spacial score (nSPS) is 11.0. The van der Waals surface area contributed by atoms with E-state index >= 15 is 0 Å². The van der Waals surface area contributed by atoms with E-state index in [9.17, 15) is 18.0 Å². The summed E-state index contributed by atoms with van der Waals surface area (Å²) in [4.78, 5) is 12.1. The highest BCUT2D eigenvalue weighted by atomic mass is 19.2. The lowest BCUT2D eigenvalue weighted by molar-refractivity contribution is -0.112. The Balaban J connectivity index is 2.19. The highest BCUT2D eigenvalue weighted by Crippen LogP contribution is 2.20. The molecule has 0 heterocycles. The van der Waals surface area contributed by atoms with Crippen LogP contribution >= 0.6 is 0 Å². The first-order chi connectivity index (χ1) is 11.8. The predicted molar refractivity (Wildman–Crippen MR) is 88.2 cm³/mol. The van der Waals surface area contributed by atoms with Crippen molar-refractivity contribution in [3.8, 4) is 6.07 Å². The van der Waals surface area contributed by atoms with Gasteiger partial charge in [0.2, 0.25) is 0 Å². The molecule has 0 saturated carbocycles. The molecule has 7 heteroatoms. The van der Waals surface area contributed by atoms with Gasteiger partial charge in [-0.1, -0.05) is 17.7 Å². The molecule has 0 aliphatic heterocycles. The number of hydrogen-bond acceptors (Lipinski definition) is 3. The summed E-state index contributed by atoms with van der Waals surface area (Å²) in [5.41, 5.74) is 1.60. The van der Waals surface area contributed by atoms with Gasteiger partial charge in [0.05, 0.1) is 5.69 Å². The summed E-state index contributed by atoms with van der Waals surface area (Å²) in [6.45, 7) is 3.70. The summed E-state index contributed by atoms with van der Waals surface area (Å²) in [7, 11) is 0. The number of rotatable bonds is 4. The van der Waals surface area contributed by atoms with Crippen molar-refractivity contribution in [3.05, 3.63) is 70.7 Å². The van der Waals surface area contributed by atoms with Crippen LogP contribution in [0.5, 0.6) is 0 Å². The fourth-order valence-corrected chi connectivity index (χ4v) is 2.08. The number of nitriles is 1. The van der Waals surface area contributed by atoms with Crippen molar-refractivity contribution in [2.45, 2.75) is 13.8 Å². The molecular weight excluding hydrogens is 331 g/mol. The molecule has 2 N–H and O–H groups in total. The van der Waals surface area contributed by atoms with Crippen molar-refractivity contribution >= 4 is 17.3 Å². The van der Waals surface area contributed by atoms with Crippen LogP contribution in [0.4, 0.5) is 24.5 Å². The van der Waals surface area contributed by atoms with Crippen LogP contribution in [0.1, 0.15) is 11.1 Å². The van der Waals surface area contributed by atoms with Crippen molar-refractivity contribution in [3.63, 3.8) is 0 Å². The van der Waals surface area contributed by atoms with Gasteiger partial charge in [0.25, 0.3) is 5.91 Å². The average Bonchev–Trinajstić information content (AvgIpc) is 2.57. The number of aryl methyl sites for hydroxylation is 2. The van der Waals surface area contributed by atoms with E-state index in [1.54, 1.807) is 25.1 Å². The van der Waals surface area contributed by atoms with Gasteiger partial charge in [-0.25, -0.2) is 13.2 Å². The first-order valence-corrected chi connectivity index (χ1v) is 7.22. The molecule has 2 aromatic carbocycles. The number of nitrogens with zero attached hydrogens (tertiary/aromatic N) is 1. The van der Waals surface area contributed by atoms with Crippen molar-refractivity contribution in [1.82, 2.24) is 0 Å². The molecule has 0 aliphatic rings. The Morgan fingerprint density at radius 1 is 1.08 bits per heavy atom. The molecule has 4 nitrogen and oxygen atoms in total. The second kappa shape index (κ2) is 7.53. The second-order valence-electron chi connectivity index (χ2n) is 5.31. The standard InChI is InChI=1S/C18H14F3N3O/c1-10-3-5-14(11(2)7-10)24-18(25)12(8-22)9-23-15-6-4-13(19)16(20)17(15)21/h3-7,9,23H,1-2H3,(H,24,25)/b12-9-. The third kappa shape index (κ3) is 4.18. The Morgan fingerprint density at radius 3 is 2.40 bits per heavy atom. The average molecular weight is 345 g/mol. The van der Waals surface area contributed by atoms with E-state index in [0.29, 0.717) is 5.69 Å². The van der Waals surface area contributed by atoms with Gasteiger partial charge < -0.3 is 10.6 Å². The molecular formula is C18H14F3N3O. The number of nitrogens with one attached hydrogen (secondary N) is 2. The van der Waals surface area contributed by atoms with Gasteiger partial charge in [0, 0.05) is 11.9 Å². The van der Waals surface area contributed by atoms with Crippen LogP contribution in [0.15, 0.2) is 42.1 Å². The molecule has 0 fully saturated rings. The van der Waals surface area contributed by atoms with Gasteiger partial charge >= 0.3 is 0 Å². The fourth-order valence-electron chi connectivity index (χ4n) is 2.08. The number of halogens is 3. The number of hydrogen-bond donors (Lipinski definition) is 2. The minimum atomic E-state index is -1.64. The topological polar surface area (TPSA) is 64.9 Å². The number of amides is 1. The van der Waals surface area contributed by atoms with Gasteiger partial charge in [-0.15, -0.1) is 0 Å². The second-order valence-corrected chi connectivity index (χ2v) is 5.31. The molecule has 0 spiro atoms. The molecule has 0 aliphatic carbocycles. The molecule has 0 unspecified atom stereocenters. The summed E-state index contributed by atoms with van der Waals surface area (Å²) in [6.07, 6.45) is 0.925. The highest BCUT2D eigenvalue weighted by Gasteiger charge is 2.14. The van der Waals surface area contributed by atoms with E-state index < -0.39 is 29.0 Å². The maximum atomic E-state index is 13.6. The van der Waals surface area contributed by atoms with Crippen LogP contribution in [0.3, 0.4) is 0 Å². The minimum absolute atomic E-state index is 0.357. The first-order valence-electron chi connectivity index (χ1n) is 7.22. The molecule has 0 aromatic heterocycles. The largest absolute Gasteiger partial charge is 0.358 e. The van der Waals surface area contributed by atoms with E-state index in [4.69, 9.17) is 5.26 Å². The molecule has 1 amide bonds. The monoisotopic (exact) mass is 345 g/mol. The zero-order chi connectivity index (χ0) is 18.6. The summed E-state index contributed by atoms with van der Waals surface area (Å²) < 4.78 is 39.6. The smallest absolute Gasteiger partial charge is 0.267 e. The number of anilines is 2. The molecule has 25 heavy (non-hydrogen) atoms. The quantitative estimate of drug-likeness (QED) is 0.496. The molecule has 0 atom stereocenters. The lowest BCUT2D eigenvalue weighted by Gasteiger charge is -2.09. The highest BCUT2D eigenvalue weighted by molar-refractivity contribution is 6.07. The summed E-state index contributed by atoms with van der Waals surface area (Å²) in [6, 6.07) is 8.71. The molecule has 0 bridgehead atoms. The van der Waals surface area contributed by atoms with Gasteiger partial charge in [0.15, 0.2) is 17.5 Å². The third-order valence-electron chi connectivity index (χ3n) is 3.40. The maximum Gasteiger partial charge on any atom is 0.267 e. The van der Waals surface area contributed by atoms with E-state index in [0.717, 1.165) is 29.5 Å². The third-order valence-corrected chi connectivity index (χ3v) is 3.40. The zero-order valence-corrected chi connectivity index (χ0v) is 13.5. The van der Waals surface area contributed by atoms with Crippen molar-refractivity contribution in [2.75, 3.05) is 10.6 Å². The van der Waals surface area contributed by atoms with Crippen molar-refractivity contribution in [1.29, 1.82) is 5.26 Å². The Bertz CT molecular complexity index is 901. The lowest BCUT2D eigenvalue weighted by Crippen LogP contribution is -2.15. The first kappa shape index (κ1) is 18.1. The molecule has 0 saturated heterocycles. The van der Waals surface area contributed by atoms with Crippen LogP contribution in [-0.4, -0.2) is 5.91 Å². The lowest BCUT2D eigenvalue weighted by atomic mass is 10.1. The Hall–Kier alpha value is -3.27. The van der Waals surface area contributed by atoms with Crippen molar-refractivity contribution < 1.29 is 18.0 Å². The SMILES string of the molecule is Cc1ccc(NC(=O)/C(C#N)=C\Nc2ccc(F)c(F)c2F)c(C)c1. The minimum Gasteiger partial charge on any atom is -0.358 e. The Labute approximate surface area is 142 Å². The van der Waals surface area contributed by atoms with E-state index in [1.165, 1.54) is 0 Å². The molecule has 128 valence electrons. The van der Waals surface area contributed by atoms with Gasteiger partial charge in [-0.2, -0.15) is 5.26 Å². The number of benzene rings is 2. The van der Waals surface area contributed by atoms with Crippen molar-refractivity contribution in [2.24, 2.45) is 0 Å². The molecule has 2 rings (SSSR count). The number of carbonyl (C=O) groups is 1. The van der Waals surface area contributed by atoms with Crippen LogP contribution in [-0.2, 0) is 4.79 Å². The van der Waals surface area contributed by atoms with E-state index in [1.807, 2.05) is 13.0 Å². The summed E-state index contributed by atoms with van der Waals surface area (Å²) in [5, 5.41) is 13.9. The van der Waals surface area contributed by atoms with Gasteiger partial charge in [-0.05, 0) is 37.6 Å². The van der Waals surface area contributed by atoms with Crippen LogP contribution < -0.4 is 10.6 Å². The van der Waals surface area contributed by atoms with Crippen LogP contribution in [0.25, 0.3) is 0 Å². The van der Waals surface area contributed by atoms with E-state index in [2.05, 4.69) is 10.6 Å². The summed E-state index contributed by atoms with van der Waals surface area (Å²) in [5.74, 6) is -5.13. The van der Waals surface area contributed by atoms with Crippen LogP contribution in [0, 0.1) is 42.6 Å². The Kier molecular flexibility index (Phi) is 5.45. The molecule has 0 radical (unpaired) electrons. The predicted octanol–water partition coefficient (Wildman–Crippen LogP) is 4.18. The fraction of sp³-hybridized carbons (Fsp3) is 0.111. The summed E-state index contributed by atoms with van der Waals surface area (Å²) >= 11 is 0. The van der Waals surface area contributed by atoms with Gasteiger partial charge in [-0.3, -0.25) is 4.79 Å². The molecule has 2 aromatic rings. The van der Waals surface area contributed by atoms with E-state index in [-0.39, 0.29) is 5.57 Å². The Morgan fingerprint density at radius 2 is 1.76 bits per heavy atom. The number of carbonyl (C=O) groups excluding carboxylic acids is 1. The maximum absolute atomic E-state index is 13.6. The van der Waals surface area contributed by atoms with Gasteiger partial charge in [0.1, 0.15) is 11.6 Å². The van der Waals surface area contributed by atoms with Crippen LogP contribution in [0.2, 0.25) is 0 Å². The zero-order valence-electron chi connectivity index (χ0n) is 13.5.